The highest BCUT2D eigenvalue weighted by Crippen LogP contribution is 2.28. The molecule has 0 radical (unpaired) electrons. The number of thiol groups is 1. The van der Waals surface area contributed by atoms with Gasteiger partial charge in [0, 0.05) is 12.3 Å². The Morgan fingerprint density at radius 2 is 1.79 bits per heavy atom. The summed E-state index contributed by atoms with van der Waals surface area (Å²) in [5, 5.41) is 3.39. The third-order valence-corrected chi connectivity index (χ3v) is 3.45. The molecule has 0 aliphatic heterocycles. The summed E-state index contributed by atoms with van der Waals surface area (Å²) in [6, 6.07) is 0. The van der Waals surface area contributed by atoms with Gasteiger partial charge in [0.05, 0.1) is 0 Å². The largest absolute Gasteiger partial charge is 0.316 e. The molecule has 0 saturated heterocycles. The first kappa shape index (κ1) is 12.4. The lowest BCUT2D eigenvalue weighted by Crippen LogP contribution is -2.17. The summed E-state index contributed by atoms with van der Waals surface area (Å²) in [4.78, 5) is 0. The molecule has 1 rings (SSSR count). The first-order chi connectivity index (χ1) is 6.93. The van der Waals surface area contributed by atoms with E-state index in [0.717, 1.165) is 18.2 Å². The van der Waals surface area contributed by atoms with Gasteiger partial charge in [-0.25, -0.2) is 0 Å². The Kier molecular flexibility index (Phi) is 7.61. The van der Waals surface area contributed by atoms with Crippen molar-refractivity contribution in [2.24, 2.45) is 5.92 Å². The Labute approximate surface area is 94.5 Å². The maximum absolute atomic E-state index is 4.16. The molecule has 1 fully saturated rings. The summed E-state index contributed by atoms with van der Waals surface area (Å²) in [6.45, 7) is 2.25. The van der Waals surface area contributed by atoms with Crippen LogP contribution >= 0.6 is 12.6 Å². The van der Waals surface area contributed by atoms with Crippen LogP contribution in [0.1, 0.15) is 51.4 Å². The van der Waals surface area contributed by atoms with Gasteiger partial charge < -0.3 is 5.32 Å². The van der Waals surface area contributed by atoms with Gasteiger partial charge in [0.2, 0.25) is 0 Å². The average Bonchev–Trinajstić information content (AvgIpc) is 2.69. The summed E-state index contributed by atoms with van der Waals surface area (Å²) < 4.78 is 0. The third kappa shape index (κ3) is 5.92. The zero-order valence-corrected chi connectivity index (χ0v) is 10.2. The van der Waals surface area contributed by atoms with Crippen LogP contribution in [0.2, 0.25) is 0 Å². The van der Waals surface area contributed by atoms with Gasteiger partial charge in [-0.15, -0.1) is 0 Å². The fraction of sp³-hybridized carbons (Fsp3) is 1.00. The van der Waals surface area contributed by atoms with Crippen LogP contribution in [0.5, 0.6) is 0 Å². The van der Waals surface area contributed by atoms with Crippen molar-refractivity contribution in [3.8, 4) is 0 Å². The van der Waals surface area contributed by atoms with Gasteiger partial charge in [-0.1, -0.05) is 44.9 Å². The monoisotopic (exact) mass is 215 g/mol. The summed E-state index contributed by atoms with van der Waals surface area (Å²) in [5.74, 6) is 2.04. The molecule has 0 unspecified atom stereocenters. The third-order valence-electron chi connectivity index (χ3n) is 3.23. The number of rotatable bonds is 8. The van der Waals surface area contributed by atoms with E-state index in [4.69, 9.17) is 0 Å². The lowest BCUT2D eigenvalue weighted by atomic mass is 10.00. The van der Waals surface area contributed by atoms with Crippen molar-refractivity contribution in [2.75, 3.05) is 18.8 Å². The molecule has 0 amide bonds. The summed E-state index contributed by atoms with van der Waals surface area (Å²) in [5.41, 5.74) is 0. The maximum atomic E-state index is 4.16. The van der Waals surface area contributed by atoms with E-state index < -0.39 is 0 Å². The van der Waals surface area contributed by atoms with Crippen LogP contribution in [0.25, 0.3) is 0 Å². The van der Waals surface area contributed by atoms with Crippen LogP contribution < -0.4 is 5.32 Å². The van der Waals surface area contributed by atoms with Crippen LogP contribution in [0.4, 0.5) is 0 Å². The lowest BCUT2D eigenvalue weighted by molar-refractivity contribution is 0.465. The van der Waals surface area contributed by atoms with Crippen molar-refractivity contribution in [1.29, 1.82) is 0 Å². The lowest BCUT2D eigenvalue weighted by Gasteiger charge is -2.08. The van der Waals surface area contributed by atoms with Crippen molar-refractivity contribution < 1.29 is 0 Å². The molecule has 2 heteroatoms. The first-order valence-electron chi connectivity index (χ1n) is 6.25. The molecule has 0 heterocycles. The van der Waals surface area contributed by atoms with Crippen LogP contribution in [-0.4, -0.2) is 18.8 Å². The Morgan fingerprint density at radius 3 is 2.50 bits per heavy atom. The molecule has 1 nitrogen and oxygen atoms in total. The van der Waals surface area contributed by atoms with E-state index in [-0.39, 0.29) is 0 Å². The second kappa shape index (κ2) is 8.60. The Hall–Kier alpha value is 0.310. The minimum absolute atomic E-state index is 0.960. The van der Waals surface area contributed by atoms with Gasteiger partial charge in [0.1, 0.15) is 0 Å². The van der Waals surface area contributed by atoms with Crippen molar-refractivity contribution in [1.82, 2.24) is 5.32 Å². The predicted octanol–water partition coefficient (Wildman–Crippen LogP) is 3.26. The van der Waals surface area contributed by atoms with Crippen molar-refractivity contribution >= 4 is 12.6 Å². The second-order valence-corrected chi connectivity index (χ2v) is 4.92. The SMILES string of the molecule is SCCNCCCCCC1CCCC1. The first-order valence-corrected chi connectivity index (χ1v) is 6.88. The van der Waals surface area contributed by atoms with Gasteiger partial charge in [0.25, 0.3) is 0 Å². The van der Waals surface area contributed by atoms with Crippen LogP contribution in [0, 0.1) is 5.92 Å². The second-order valence-electron chi connectivity index (χ2n) is 4.47. The van der Waals surface area contributed by atoms with Gasteiger partial charge in [0.15, 0.2) is 0 Å². The smallest absolute Gasteiger partial charge is 0.00397 e. The summed E-state index contributed by atoms with van der Waals surface area (Å²) >= 11 is 4.16. The van der Waals surface area contributed by atoms with E-state index >= 15 is 0 Å². The Balaban J connectivity index is 1.75. The number of hydrogen-bond donors (Lipinski definition) is 2. The molecule has 1 saturated carbocycles. The fourth-order valence-corrected chi connectivity index (χ4v) is 2.52. The highest BCUT2D eigenvalue weighted by atomic mass is 32.1. The topological polar surface area (TPSA) is 12.0 Å². The molecular formula is C12H25NS. The quantitative estimate of drug-likeness (QED) is 0.468. The Morgan fingerprint density at radius 1 is 1.00 bits per heavy atom. The van der Waals surface area contributed by atoms with E-state index in [1.165, 1.54) is 57.9 Å². The molecule has 0 aromatic heterocycles. The number of nitrogens with one attached hydrogen (secondary N) is 1. The van der Waals surface area contributed by atoms with Gasteiger partial charge in [-0.3, -0.25) is 0 Å². The Bertz CT molecular complexity index is 121. The molecule has 14 heavy (non-hydrogen) atoms. The molecule has 0 bridgehead atoms. The van der Waals surface area contributed by atoms with Crippen molar-refractivity contribution in [2.45, 2.75) is 51.4 Å². The van der Waals surface area contributed by atoms with E-state index in [2.05, 4.69) is 17.9 Å². The molecule has 1 aliphatic carbocycles. The molecule has 0 aromatic rings. The van der Waals surface area contributed by atoms with Gasteiger partial charge >= 0.3 is 0 Å². The number of unbranched alkanes of at least 4 members (excludes halogenated alkanes) is 2. The minimum atomic E-state index is 0.960. The summed E-state index contributed by atoms with van der Waals surface area (Å²) in [7, 11) is 0. The van der Waals surface area contributed by atoms with Crippen LogP contribution in [0.3, 0.4) is 0 Å². The van der Waals surface area contributed by atoms with Gasteiger partial charge in [-0.2, -0.15) is 12.6 Å². The summed E-state index contributed by atoms with van der Waals surface area (Å²) in [6.07, 6.45) is 11.7. The molecule has 1 aliphatic rings. The highest BCUT2D eigenvalue weighted by Gasteiger charge is 2.13. The predicted molar refractivity (Wildman–Crippen MR) is 67.1 cm³/mol. The normalized spacial score (nSPS) is 17.8. The molecule has 1 N–H and O–H groups in total. The maximum Gasteiger partial charge on any atom is 0.00397 e. The standard InChI is InChI=1S/C12H25NS/c14-11-10-13-9-5-1-2-6-12-7-3-4-8-12/h12-14H,1-11H2. The molecule has 0 aromatic carbocycles. The number of hydrogen-bond acceptors (Lipinski definition) is 2. The van der Waals surface area contributed by atoms with E-state index in [1.54, 1.807) is 0 Å². The fourth-order valence-electron chi connectivity index (χ4n) is 2.36. The molecule has 84 valence electrons. The zero-order chi connectivity index (χ0) is 10.1. The van der Waals surface area contributed by atoms with E-state index in [1.807, 2.05) is 0 Å². The van der Waals surface area contributed by atoms with E-state index in [9.17, 15) is 0 Å². The highest BCUT2D eigenvalue weighted by molar-refractivity contribution is 7.80. The van der Waals surface area contributed by atoms with Crippen LogP contribution in [0.15, 0.2) is 0 Å². The van der Waals surface area contributed by atoms with Crippen molar-refractivity contribution in [3.63, 3.8) is 0 Å². The zero-order valence-electron chi connectivity index (χ0n) is 9.30. The molecular weight excluding hydrogens is 190 g/mol. The molecule has 0 spiro atoms. The van der Waals surface area contributed by atoms with Crippen molar-refractivity contribution in [3.05, 3.63) is 0 Å². The molecule has 0 atom stereocenters. The average molecular weight is 215 g/mol. The van der Waals surface area contributed by atoms with E-state index in [0.29, 0.717) is 0 Å². The van der Waals surface area contributed by atoms with Gasteiger partial charge in [-0.05, 0) is 18.9 Å². The van der Waals surface area contributed by atoms with Crippen LogP contribution in [-0.2, 0) is 0 Å². The minimum Gasteiger partial charge on any atom is -0.316 e.